The normalized spacial score (nSPS) is 29.5. The van der Waals surface area contributed by atoms with E-state index in [1.807, 2.05) is 6.92 Å². The van der Waals surface area contributed by atoms with Gasteiger partial charge in [0.15, 0.2) is 11.6 Å². The van der Waals surface area contributed by atoms with E-state index in [1.165, 1.54) is 32.1 Å². The van der Waals surface area contributed by atoms with Crippen molar-refractivity contribution in [3.63, 3.8) is 0 Å². The Balaban J connectivity index is 1.57. The number of ether oxygens (including phenoxy) is 2. The lowest BCUT2D eigenvalue weighted by Gasteiger charge is -2.38. The number of rotatable bonds is 6. The van der Waals surface area contributed by atoms with Gasteiger partial charge in [0, 0.05) is 5.92 Å². The molecule has 0 radical (unpaired) electrons. The molecule has 0 spiro atoms. The third-order valence-electron chi connectivity index (χ3n) is 6.28. The fourth-order valence-corrected chi connectivity index (χ4v) is 4.54. The molecule has 1 heterocycles. The van der Waals surface area contributed by atoms with Gasteiger partial charge >= 0.3 is 0 Å². The predicted molar refractivity (Wildman–Crippen MR) is 99.6 cm³/mol. The van der Waals surface area contributed by atoms with Crippen LogP contribution in [0.4, 0.5) is 8.78 Å². The summed E-state index contributed by atoms with van der Waals surface area (Å²) in [4.78, 5) is 0. The van der Waals surface area contributed by atoms with Gasteiger partial charge in [-0.15, -0.1) is 0 Å². The van der Waals surface area contributed by atoms with Crippen molar-refractivity contribution in [1.82, 2.24) is 0 Å². The average Bonchev–Trinajstić information content (AvgIpc) is 2.69. The largest absolute Gasteiger partial charge is 0.490 e. The Bertz CT molecular complexity index is 574. The summed E-state index contributed by atoms with van der Waals surface area (Å²) < 4.78 is 40.1. The Morgan fingerprint density at radius 3 is 2.38 bits per heavy atom. The summed E-state index contributed by atoms with van der Waals surface area (Å²) in [5, 5.41) is 0. The standard InChI is InChI=1S/C22H32F2O2/c1-3-13-25-20-12-10-18(21(23)22(20)24)17-9-11-19(26-14-17)16-7-5-15(4-2)6-8-16/h10,12,15-17,19H,3-9,11,13-14H2,1-2H3/t15?,16?,17-,19?/m1/s1. The molecule has 1 aromatic carbocycles. The number of benzene rings is 1. The summed E-state index contributed by atoms with van der Waals surface area (Å²) >= 11 is 0. The molecular formula is C22H32F2O2. The zero-order valence-corrected chi connectivity index (χ0v) is 16.1. The molecule has 2 aliphatic rings. The van der Waals surface area contributed by atoms with Crippen LogP contribution in [-0.2, 0) is 4.74 Å². The highest BCUT2D eigenvalue weighted by Crippen LogP contribution is 2.39. The molecular weight excluding hydrogens is 334 g/mol. The number of hydrogen-bond acceptors (Lipinski definition) is 2. The minimum Gasteiger partial charge on any atom is -0.490 e. The first-order valence-corrected chi connectivity index (χ1v) is 10.4. The molecule has 0 aromatic heterocycles. The zero-order chi connectivity index (χ0) is 18.5. The van der Waals surface area contributed by atoms with Crippen molar-refractivity contribution in [2.24, 2.45) is 11.8 Å². The van der Waals surface area contributed by atoms with Crippen LogP contribution in [0.5, 0.6) is 5.75 Å². The predicted octanol–water partition coefficient (Wildman–Crippen LogP) is 6.23. The molecule has 0 bridgehead atoms. The second kappa shape index (κ2) is 9.16. The van der Waals surface area contributed by atoms with Gasteiger partial charge in [0.05, 0.1) is 19.3 Å². The summed E-state index contributed by atoms with van der Waals surface area (Å²) in [6.07, 6.45) is 9.27. The molecule has 0 amide bonds. The molecule has 26 heavy (non-hydrogen) atoms. The van der Waals surface area contributed by atoms with Crippen LogP contribution in [0.2, 0.25) is 0 Å². The van der Waals surface area contributed by atoms with Crippen molar-refractivity contribution in [3.8, 4) is 5.75 Å². The SMILES string of the molecule is CCCOc1ccc([C@@H]2CCC(C3CCC(CC)CC3)OC2)c(F)c1F. The highest BCUT2D eigenvalue weighted by Gasteiger charge is 2.33. The lowest BCUT2D eigenvalue weighted by Crippen LogP contribution is -2.33. The van der Waals surface area contributed by atoms with E-state index in [4.69, 9.17) is 9.47 Å². The molecule has 146 valence electrons. The maximum absolute atomic E-state index is 14.5. The highest BCUT2D eigenvalue weighted by molar-refractivity contribution is 5.33. The molecule has 1 aromatic rings. The Hall–Kier alpha value is -1.16. The van der Waals surface area contributed by atoms with E-state index in [0.717, 1.165) is 25.2 Å². The van der Waals surface area contributed by atoms with E-state index < -0.39 is 11.6 Å². The van der Waals surface area contributed by atoms with E-state index in [9.17, 15) is 8.78 Å². The zero-order valence-electron chi connectivity index (χ0n) is 16.1. The molecule has 2 nitrogen and oxygen atoms in total. The van der Waals surface area contributed by atoms with Crippen LogP contribution >= 0.6 is 0 Å². The van der Waals surface area contributed by atoms with Gasteiger partial charge in [0.1, 0.15) is 0 Å². The Morgan fingerprint density at radius 2 is 1.77 bits per heavy atom. The average molecular weight is 366 g/mol. The van der Waals surface area contributed by atoms with Crippen LogP contribution < -0.4 is 4.74 Å². The quantitative estimate of drug-likeness (QED) is 0.594. The molecule has 0 N–H and O–H groups in total. The third-order valence-corrected chi connectivity index (χ3v) is 6.28. The van der Waals surface area contributed by atoms with Crippen molar-refractivity contribution >= 4 is 0 Å². The molecule has 3 rings (SSSR count). The second-order valence-corrected chi connectivity index (χ2v) is 7.96. The minimum atomic E-state index is -0.865. The van der Waals surface area contributed by atoms with E-state index >= 15 is 0 Å². The van der Waals surface area contributed by atoms with Gasteiger partial charge in [-0.1, -0.05) is 39.2 Å². The van der Waals surface area contributed by atoms with E-state index in [0.29, 0.717) is 30.8 Å². The van der Waals surface area contributed by atoms with Crippen LogP contribution in [-0.4, -0.2) is 19.3 Å². The van der Waals surface area contributed by atoms with E-state index in [-0.39, 0.29) is 11.7 Å². The first-order valence-electron chi connectivity index (χ1n) is 10.4. The maximum atomic E-state index is 14.5. The fourth-order valence-electron chi connectivity index (χ4n) is 4.54. The molecule has 1 saturated heterocycles. The van der Waals surface area contributed by atoms with Gasteiger partial charge in [0.25, 0.3) is 0 Å². The van der Waals surface area contributed by atoms with Crippen LogP contribution in [0.25, 0.3) is 0 Å². The summed E-state index contributed by atoms with van der Waals surface area (Å²) in [5.74, 6) is -0.160. The van der Waals surface area contributed by atoms with Gasteiger partial charge < -0.3 is 9.47 Å². The van der Waals surface area contributed by atoms with Crippen LogP contribution in [0.1, 0.15) is 76.7 Å². The van der Waals surface area contributed by atoms with Gasteiger partial charge in [-0.2, -0.15) is 4.39 Å². The van der Waals surface area contributed by atoms with Crippen molar-refractivity contribution in [1.29, 1.82) is 0 Å². The minimum absolute atomic E-state index is 0.00962. The van der Waals surface area contributed by atoms with Crippen LogP contribution in [0.3, 0.4) is 0 Å². The lowest BCUT2D eigenvalue weighted by molar-refractivity contribution is -0.0439. The lowest BCUT2D eigenvalue weighted by atomic mass is 9.76. The molecule has 1 aliphatic heterocycles. The van der Waals surface area contributed by atoms with Gasteiger partial charge in [-0.25, -0.2) is 4.39 Å². The molecule has 1 saturated carbocycles. The van der Waals surface area contributed by atoms with Crippen molar-refractivity contribution in [3.05, 3.63) is 29.3 Å². The first-order chi connectivity index (χ1) is 12.6. The van der Waals surface area contributed by atoms with Crippen LogP contribution in [0, 0.1) is 23.5 Å². The summed E-state index contributed by atoms with van der Waals surface area (Å²) in [6.45, 7) is 5.10. The summed E-state index contributed by atoms with van der Waals surface area (Å²) in [6, 6.07) is 3.23. The van der Waals surface area contributed by atoms with Gasteiger partial charge in [-0.3, -0.25) is 0 Å². The van der Waals surface area contributed by atoms with Crippen molar-refractivity contribution in [2.45, 2.75) is 77.2 Å². The highest BCUT2D eigenvalue weighted by atomic mass is 19.2. The fraction of sp³-hybridized carbons (Fsp3) is 0.727. The Morgan fingerprint density at radius 1 is 1.00 bits per heavy atom. The third kappa shape index (κ3) is 4.39. The van der Waals surface area contributed by atoms with E-state index in [2.05, 4.69) is 6.92 Å². The molecule has 1 unspecified atom stereocenters. The maximum Gasteiger partial charge on any atom is 0.200 e. The molecule has 1 aliphatic carbocycles. The summed E-state index contributed by atoms with van der Waals surface area (Å²) in [5.41, 5.74) is 0.430. The molecule has 2 fully saturated rings. The second-order valence-electron chi connectivity index (χ2n) is 7.96. The summed E-state index contributed by atoms with van der Waals surface area (Å²) in [7, 11) is 0. The first kappa shape index (κ1) is 19.6. The Kier molecular flexibility index (Phi) is 6.91. The van der Waals surface area contributed by atoms with Crippen molar-refractivity contribution in [2.75, 3.05) is 13.2 Å². The molecule has 4 heteroatoms. The van der Waals surface area contributed by atoms with Gasteiger partial charge in [0.2, 0.25) is 5.82 Å². The Labute approximate surface area is 156 Å². The number of halogens is 2. The smallest absolute Gasteiger partial charge is 0.200 e. The number of hydrogen-bond donors (Lipinski definition) is 0. The molecule has 2 atom stereocenters. The van der Waals surface area contributed by atoms with E-state index in [1.54, 1.807) is 12.1 Å². The monoisotopic (exact) mass is 366 g/mol. The van der Waals surface area contributed by atoms with Crippen molar-refractivity contribution < 1.29 is 18.3 Å². The van der Waals surface area contributed by atoms with Gasteiger partial charge in [-0.05, 0) is 55.6 Å². The topological polar surface area (TPSA) is 18.5 Å². The van der Waals surface area contributed by atoms with Crippen LogP contribution in [0.15, 0.2) is 12.1 Å².